The first kappa shape index (κ1) is 20.9. The van der Waals surface area contributed by atoms with Crippen molar-refractivity contribution in [3.05, 3.63) is 94.8 Å². The zero-order chi connectivity index (χ0) is 21.8. The van der Waals surface area contributed by atoms with Gasteiger partial charge in [0.25, 0.3) is 11.8 Å². The first-order valence-electron chi connectivity index (χ1n) is 9.88. The molecule has 7 heteroatoms. The molecule has 5 nitrogen and oxygen atoms in total. The average molecular weight is 439 g/mol. The second-order valence-corrected chi connectivity index (χ2v) is 7.58. The molecule has 0 radical (unpaired) electrons. The van der Waals surface area contributed by atoms with E-state index in [1.54, 1.807) is 29.2 Å². The average Bonchev–Trinajstić information content (AvgIpc) is 2.81. The van der Waals surface area contributed by atoms with Gasteiger partial charge in [0.15, 0.2) is 0 Å². The smallest absolute Gasteiger partial charge is 0.257 e. The number of hydrogen-bond acceptors (Lipinski definition) is 3. The predicted molar refractivity (Wildman–Crippen MR) is 116 cm³/mol. The fourth-order valence-electron chi connectivity index (χ4n) is 3.42. The van der Waals surface area contributed by atoms with Gasteiger partial charge in [-0.1, -0.05) is 29.8 Å². The minimum Gasteiger partial charge on any atom is -0.457 e. The summed E-state index contributed by atoms with van der Waals surface area (Å²) < 4.78 is 19.7. The second kappa shape index (κ2) is 9.18. The summed E-state index contributed by atoms with van der Waals surface area (Å²) in [6, 6.07) is 20.3. The number of piperazine rings is 1. The third-order valence-electron chi connectivity index (χ3n) is 5.09. The molecule has 0 bridgehead atoms. The van der Waals surface area contributed by atoms with Crippen LogP contribution in [0, 0.1) is 5.82 Å². The SMILES string of the molecule is O=C(c1ccc(Oc2ccccc2)cc1)N1CCN(C(=O)c2cc(Cl)ccc2F)CC1. The van der Waals surface area contributed by atoms with E-state index in [1.165, 1.54) is 23.1 Å². The Bertz CT molecular complexity index is 1080. The van der Waals surface area contributed by atoms with Crippen molar-refractivity contribution in [3.63, 3.8) is 0 Å². The molecule has 0 aliphatic carbocycles. The van der Waals surface area contributed by atoms with Crippen LogP contribution in [0.5, 0.6) is 11.5 Å². The van der Waals surface area contributed by atoms with Gasteiger partial charge in [0, 0.05) is 36.8 Å². The maximum atomic E-state index is 14.0. The van der Waals surface area contributed by atoms with Gasteiger partial charge < -0.3 is 14.5 Å². The van der Waals surface area contributed by atoms with E-state index < -0.39 is 11.7 Å². The summed E-state index contributed by atoms with van der Waals surface area (Å²) in [6.07, 6.45) is 0. The zero-order valence-corrected chi connectivity index (χ0v) is 17.4. The minimum absolute atomic E-state index is 0.0544. The summed E-state index contributed by atoms with van der Waals surface area (Å²) in [7, 11) is 0. The highest BCUT2D eigenvalue weighted by Crippen LogP contribution is 2.22. The van der Waals surface area contributed by atoms with Gasteiger partial charge in [-0.15, -0.1) is 0 Å². The highest BCUT2D eigenvalue weighted by atomic mass is 35.5. The molecule has 1 heterocycles. The summed E-state index contributed by atoms with van der Waals surface area (Å²) in [5.74, 6) is 0.216. The fourth-order valence-corrected chi connectivity index (χ4v) is 3.59. The van der Waals surface area contributed by atoms with Crippen LogP contribution in [-0.4, -0.2) is 47.8 Å². The van der Waals surface area contributed by atoms with Crippen LogP contribution in [0.3, 0.4) is 0 Å². The Morgan fingerprint density at radius 2 is 1.35 bits per heavy atom. The molecule has 0 aromatic heterocycles. The molecule has 0 saturated carbocycles. The molecule has 0 atom stereocenters. The Kier molecular flexibility index (Phi) is 6.18. The van der Waals surface area contributed by atoms with Crippen LogP contribution in [-0.2, 0) is 0 Å². The molecular weight excluding hydrogens is 419 g/mol. The van der Waals surface area contributed by atoms with E-state index in [0.29, 0.717) is 42.5 Å². The topological polar surface area (TPSA) is 49.9 Å². The number of halogens is 2. The molecule has 4 rings (SSSR count). The Morgan fingerprint density at radius 1 is 0.774 bits per heavy atom. The molecule has 1 aliphatic heterocycles. The van der Waals surface area contributed by atoms with E-state index in [4.69, 9.17) is 16.3 Å². The van der Waals surface area contributed by atoms with Crippen molar-refractivity contribution < 1.29 is 18.7 Å². The van der Waals surface area contributed by atoms with Crippen molar-refractivity contribution in [2.24, 2.45) is 0 Å². The lowest BCUT2D eigenvalue weighted by atomic mass is 10.1. The molecule has 158 valence electrons. The Hall–Kier alpha value is -3.38. The van der Waals surface area contributed by atoms with Crippen molar-refractivity contribution in [3.8, 4) is 11.5 Å². The number of ether oxygens (including phenoxy) is 1. The molecule has 0 spiro atoms. The maximum Gasteiger partial charge on any atom is 0.257 e. The highest BCUT2D eigenvalue weighted by Gasteiger charge is 2.27. The predicted octanol–water partition coefficient (Wildman–Crippen LogP) is 4.87. The van der Waals surface area contributed by atoms with Crippen molar-refractivity contribution in [1.82, 2.24) is 9.80 Å². The third kappa shape index (κ3) is 4.86. The van der Waals surface area contributed by atoms with E-state index in [9.17, 15) is 14.0 Å². The summed E-state index contributed by atoms with van der Waals surface area (Å²) in [4.78, 5) is 28.7. The van der Waals surface area contributed by atoms with Crippen LogP contribution in [0.15, 0.2) is 72.8 Å². The van der Waals surface area contributed by atoms with E-state index in [1.807, 2.05) is 30.3 Å². The van der Waals surface area contributed by atoms with Crippen LogP contribution < -0.4 is 4.74 Å². The van der Waals surface area contributed by atoms with Crippen molar-refractivity contribution in [2.75, 3.05) is 26.2 Å². The summed E-state index contributed by atoms with van der Waals surface area (Å²) in [5.41, 5.74) is 0.488. The molecule has 0 unspecified atom stereocenters. The van der Waals surface area contributed by atoms with Gasteiger partial charge in [-0.25, -0.2) is 4.39 Å². The van der Waals surface area contributed by atoms with E-state index in [0.717, 1.165) is 5.75 Å². The maximum absolute atomic E-state index is 14.0. The molecular formula is C24H20ClFN2O3. The molecule has 3 aromatic rings. The van der Waals surface area contributed by atoms with Gasteiger partial charge in [-0.3, -0.25) is 9.59 Å². The standard InChI is InChI=1S/C24H20ClFN2O3/c25-18-8-11-22(26)21(16-18)24(30)28-14-12-27(13-15-28)23(29)17-6-9-20(10-7-17)31-19-4-2-1-3-5-19/h1-11,16H,12-15H2. The number of rotatable bonds is 4. The molecule has 1 saturated heterocycles. The van der Waals surface area contributed by atoms with E-state index in [2.05, 4.69) is 0 Å². The minimum atomic E-state index is -0.606. The monoisotopic (exact) mass is 438 g/mol. The normalized spacial score (nSPS) is 13.7. The van der Waals surface area contributed by atoms with Crippen LogP contribution >= 0.6 is 11.6 Å². The molecule has 1 aliphatic rings. The molecule has 0 N–H and O–H groups in total. The number of carbonyl (C=O) groups excluding carboxylic acids is 2. The van der Waals surface area contributed by atoms with Gasteiger partial charge >= 0.3 is 0 Å². The first-order chi connectivity index (χ1) is 15.0. The number of amides is 2. The summed E-state index contributed by atoms with van der Waals surface area (Å²) in [5, 5.41) is 0.304. The summed E-state index contributed by atoms with van der Waals surface area (Å²) in [6.45, 7) is 1.39. The molecule has 31 heavy (non-hydrogen) atoms. The van der Waals surface area contributed by atoms with E-state index >= 15 is 0 Å². The van der Waals surface area contributed by atoms with Crippen LogP contribution in [0.4, 0.5) is 4.39 Å². The van der Waals surface area contributed by atoms with Gasteiger partial charge in [-0.2, -0.15) is 0 Å². The number of carbonyl (C=O) groups is 2. The van der Waals surface area contributed by atoms with Crippen molar-refractivity contribution in [2.45, 2.75) is 0 Å². The number of hydrogen-bond donors (Lipinski definition) is 0. The Labute approximate surface area is 184 Å². The number of nitrogens with zero attached hydrogens (tertiary/aromatic N) is 2. The molecule has 1 fully saturated rings. The lowest BCUT2D eigenvalue weighted by Gasteiger charge is -2.35. The second-order valence-electron chi connectivity index (χ2n) is 7.15. The van der Waals surface area contributed by atoms with Crippen molar-refractivity contribution in [1.29, 1.82) is 0 Å². The Morgan fingerprint density at radius 3 is 2.00 bits per heavy atom. The number of para-hydroxylation sites is 1. The van der Waals surface area contributed by atoms with Crippen molar-refractivity contribution >= 4 is 23.4 Å². The first-order valence-corrected chi connectivity index (χ1v) is 10.3. The van der Waals surface area contributed by atoms with Gasteiger partial charge in [-0.05, 0) is 54.6 Å². The quantitative estimate of drug-likeness (QED) is 0.584. The van der Waals surface area contributed by atoms with Gasteiger partial charge in [0.2, 0.25) is 0 Å². The largest absolute Gasteiger partial charge is 0.457 e. The molecule has 3 aromatic carbocycles. The highest BCUT2D eigenvalue weighted by molar-refractivity contribution is 6.31. The third-order valence-corrected chi connectivity index (χ3v) is 5.33. The van der Waals surface area contributed by atoms with Gasteiger partial charge in [0.05, 0.1) is 5.56 Å². The van der Waals surface area contributed by atoms with Crippen LogP contribution in [0.2, 0.25) is 5.02 Å². The van der Waals surface area contributed by atoms with Gasteiger partial charge in [0.1, 0.15) is 17.3 Å². The Balaban J connectivity index is 1.36. The number of benzene rings is 3. The fraction of sp³-hybridized carbons (Fsp3) is 0.167. The zero-order valence-electron chi connectivity index (χ0n) is 16.6. The van der Waals surface area contributed by atoms with Crippen LogP contribution in [0.1, 0.15) is 20.7 Å². The molecule has 2 amide bonds. The summed E-state index contributed by atoms with van der Waals surface area (Å²) >= 11 is 5.89. The lowest BCUT2D eigenvalue weighted by Crippen LogP contribution is -2.50. The van der Waals surface area contributed by atoms with E-state index in [-0.39, 0.29) is 11.5 Å². The van der Waals surface area contributed by atoms with Crippen LogP contribution in [0.25, 0.3) is 0 Å². The lowest BCUT2D eigenvalue weighted by molar-refractivity contribution is 0.0533.